The molecule has 1 fully saturated rings. The molecule has 0 aliphatic carbocycles. The van der Waals surface area contributed by atoms with Crippen molar-refractivity contribution in [3.05, 3.63) is 29.8 Å². The van der Waals surface area contributed by atoms with Crippen LogP contribution in [0.2, 0.25) is 0 Å². The first-order valence-corrected chi connectivity index (χ1v) is 8.70. The average molecular weight is 326 g/mol. The highest BCUT2D eigenvalue weighted by Gasteiger charge is 2.49. The summed E-state index contributed by atoms with van der Waals surface area (Å²) in [5.74, 6) is -0.176. The second-order valence-corrected chi connectivity index (χ2v) is 7.63. The topological polar surface area (TPSA) is 92.8 Å². The predicted molar refractivity (Wildman–Crippen MR) is 80.3 cm³/mol. The quantitative estimate of drug-likeness (QED) is 0.796. The van der Waals surface area contributed by atoms with Crippen LogP contribution in [0.25, 0.3) is 0 Å². The molecule has 2 rings (SSSR count). The number of nitrogens with zero attached hydrogens (tertiary/aromatic N) is 1. The van der Waals surface area contributed by atoms with E-state index in [2.05, 4.69) is 5.32 Å². The Morgan fingerprint density at radius 3 is 2.59 bits per heavy atom. The Morgan fingerprint density at radius 1 is 1.32 bits per heavy atom. The van der Waals surface area contributed by atoms with E-state index in [1.807, 2.05) is 0 Å². The Bertz CT molecular complexity index is 716. The van der Waals surface area contributed by atoms with Crippen LogP contribution in [0.1, 0.15) is 12.5 Å². The number of urea groups is 1. The van der Waals surface area contributed by atoms with Crippen molar-refractivity contribution in [3.8, 4) is 5.75 Å². The molecule has 0 spiro atoms. The van der Waals surface area contributed by atoms with Crippen LogP contribution in [0.5, 0.6) is 5.75 Å². The summed E-state index contributed by atoms with van der Waals surface area (Å²) in [6, 6.07) is 6.23. The zero-order chi connectivity index (χ0) is 16.5. The highest BCUT2D eigenvalue weighted by atomic mass is 32.2. The van der Waals surface area contributed by atoms with Gasteiger partial charge in [-0.05, 0) is 24.6 Å². The van der Waals surface area contributed by atoms with Gasteiger partial charge in [-0.3, -0.25) is 9.69 Å². The second-order valence-electron chi connectivity index (χ2n) is 5.37. The Labute approximate surface area is 129 Å². The van der Waals surface area contributed by atoms with Crippen LogP contribution in [0, 0.1) is 0 Å². The zero-order valence-corrected chi connectivity index (χ0v) is 13.4. The highest BCUT2D eigenvalue weighted by molar-refractivity contribution is 7.90. The van der Waals surface area contributed by atoms with Gasteiger partial charge in [-0.2, -0.15) is 0 Å². The summed E-state index contributed by atoms with van der Waals surface area (Å²) >= 11 is 0. The summed E-state index contributed by atoms with van der Waals surface area (Å²) < 4.78 is 27.6. The number of hydrogen-bond acceptors (Lipinski definition) is 5. The first-order chi connectivity index (χ1) is 10.2. The van der Waals surface area contributed by atoms with E-state index in [0.29, 0.717) is 11.3 Å². The summed E-state index contributed by atoms with van der Waals surface area (Å²) in [6.45, 7) is 1.42. The van der Waals surface area contributed by atoms with Crippen LogP contribution in [-0.2, 0) is 20.2 Å². The molecule has 0 bridgehead atoms. The molecule has 7 nitrogen and oxygen atoms in total. The minimum atomic E-state index is -3.26. The number of benzene rings is 1. The number of amides is 3. The van der Waals surface area contributed by atoms with Gasteiger partial charge in [0.2, 0.25) is 0 Å². The fraction of sp³-hybridized carbons (Fsp3) is 0.429. The van der Waals surface area contributed by atoms with Crippen molar-refractivity contribution in [1.82, 2.24) is 10.2 Å². The molecule has 1 heterocycles. The number of ether oxygens (including phenoxy) is 1. The Kier molecular flexibility index (Phi) is 4.15. The van der Waals surface area contributed by atoms with Crippen LogP contribution >= 0.6 is 0 Å². The van der Waals surface area contributed by atoms with Crippen LogP contribution < -0.4 is 10.1 Å². The number of methoxy groups -OCH3 is 1. The van der Waals surface area contributed by atoms with Gasteiger partial charge in [0, 0.05) is 12.8 Å². The van der Waals surface area contributed by atoms with Gasteiger partial charge >= 0.3 is 6.03 Å². The van der Waals surface area contributed by atoms with Crippen molar-refractivity contribution in [2.24, 2.45) is 0 Å². The second kappa shape index (κ2) is 5.60. The highest BCUT2D eigenvalue weighted by Crippen LogP contribution is 2.30. The molecular weight excluding hydrogens is 308 g/mol. The first-order valence-electron chi connectivity index (χ1n) is 6.64. The molecule has 0 unspecified atom stereocenters. The van der Waals surface area contributed by atoms with Gasteiger partial charge in [-0.15, -0.1) is 0 Å². The van der Waals surface area contributed by atoms with Gasteiger partial charge in [-0.25, -0.2) is 13.2 Å². The number of carbonyl (C=O) groups excluding carboxylic acids is 2. The molecule has 22 heavy (non-hydrogen) atoms. The number of sulfone groups is 1. The minimum Gasteiger partial charge on any atom is -0.497 e. The lowest BCUT2D eigenvalue weighted by molar-refractivity contribution is -0.130. The fourth-order valence-electron chi connectivity index (χ4n) is 2.29. The molecular formula is C14H18N2O5S. The summed E-state index contributed by atoms with van der Waals surface area (Å²) in [6.07, 6.45) is 1.06. The molecule has 3 amide bonds. The average Bonchev–Trinajstić information content (AvgIpc) is 2.67. The first kappa shape index (κ1) is 16.3. The molecule has 1 aromatic rings. The van der Waals surface area contributed by atoms with Crippen molar-refractivity contribution in [1.29, 1.82) is 0 Å². The van der Waals surface area contributed by atoms with E-state index in [1.165, 1.54) is 7.11 Å². The predicted octanol–water partition coefficient (Wildman–Crippen LogP) is 0.507. The monoisotopic (exact) mass is 326 g/mol. The van der Waals surface area contributed by atoms with Crippen LogP contribution in [0.3, 0.4) is 0 Å². The van der Waals surface area contributed by atoms with Crippen molar-refractivity contribution >= 4 is 21.8 Å². The van der Waals surface area contributed by atoms with Crippen LogP contribution in [0.4, 0.5) is 4.79 Å². The number of hydrogen-bond donors (Lipinski definition) is 1. The summed E-state index contributed by atoms with van der Waals surface area (Å²) in [7, 11) is -1.76. The van der Waals surface area contributed by atoms with Crippen LogP contribution in [0.15, 0.2) is 24.3 Å². The SMILES string of the molecule is COc1cccc([C@]2(C)NC(=O)N(CCS(C)(=O)=O)C2=O)c1. The number of imide groups is 1. The summed E-state index contributed by atoms with van der Waals surface area (Å²) in [4.78, 5) is 25.5. The maximum atomic E-state index is 12.6. The number of rotatable bonds is 5. The lowest BCUT2D eigenvalue weighted by Gasteiger charge is -2.22. The van der Waals surface area contributed by atoms with E-state index in [-0.39, 0.29) is 12.3 Å². The van der Waals surface area contributed by atoms with Gasteiger partial charge in [-0.1, -0.05) is 12.1 Å². The van der Waals surface area contributed by atoms with Crippen molar-refractivity contribution in [2.75, 3.05) is 25.7 Å². The van der Waals surface area contributed by atoms with Gasteiger partial charge in [0.1, 0.15) is 21.1 Å². The van der Waals surface area contributed by atoms with E-state index in [1.54, 1.807) is 31.2 Å². The molecule has 0 saturated carbocycles. The molecule has 0 radical (unpaired) electrons. The summed E-state index contributed by atoms with van der Waals surface area (Å²) in [5, 5.41) is 2.62. The molecule has 1 N–H and O–H groups in total. The third-order valence-electron chi connectivity index (χ3n) is 3.61. The zero-order valence-electron chi connectivity index (χ0n) is 12.6. The van der Waals surface area contributed by atoms with E-state index in [0.717, 1.165) is 11.2 Å². The molecule has 1 atom stereocenters. The molecule has 120 valence electrons. The smallest absolute Gasteiger partial charge is 0.325 e. The third-order valence-corrected chi connectivity index (χ3v) is 4.53. The lowest BCUT2D eigenvalue weighted by Crippen LogP contribution is -2.41. The van der Waals surface area contributed by atoms with Crippen molar-refractivity contribution in [2.45, 2.75) is 12.5 Å². The Hall–Kier alpha value is -2.09. The van der Waals surface area contributed by atoms with Gasteiger partial charge < -0.3 is 10.1 Å². The molecule has 0 aromatic heterocycles. The Morgan fingerprint density at radius 2 is 2.00 bits per heavy atom. The van der Waals surface area contributed by atoms with Crippen molar-refractivity contribution in [3.63, 3.8) is 0 Å². The molecule has 1 aromatic carbocycles. The maximum absolute atomic E-state index is 12.6. The van der Waals surface area contributed by atoms with E-state index < -0.39 is 27.3 Å². The molecule has 1 aliphatic rings. The minimum absolute atomic E-state index is 0.164. The molecule has 1 saturated heterocycles. The van der Waals surface area contributed by atoms with Gasteiger partial charge in [0.25, 0.3) is 5.91 Å². The van der Waals surface area contributed by atoms with Gasteiger partial charge in [0.05, 0.1) is 12.9 Å². The Balaban J connectivity index is 2.29. The normalized spacial score (nSPS) is 21.9. The number of carbonyl (C=O) groups is 2. The third kappa shape index (κ3) is 3.06. The standard InChI is InChI=1S/C14H18N2O5S/c1-14(10-5-4-6-11(9-10)21-2)12(17)16(13(18)15-14)7-8-22(3,19)20/h4-6,9H,7-8H2,1-3H3,(H,15,18)/t14-/m0/s1. The van der Waals surface area contributed by atoms with Crippen molar-refractivity contribution < 1.29 is 22.7 Å². The van der Waals surface area contributed by atoms with E-state index >= 15 is 0 Å². The fourth-order valence-corrected chi connectivity index (χ4v) is 2.80. The molecule has 8 heteroatoms. The lowest BCUT2D eigenvalue weighted by atomic mass is 9.92. The maximum Gasteiger partial charge on any atom is 0.325 e. The summed E-state index contributed by atoms with van der Waals surface area (Å²) in [5.41, 5.74) is -0.657. The van der Waals surface area contributed by atoms with Gasteiger partial charge in [0.15, 0.2) is 0 Å². The van der Waals surface area contributed by atoms with E-state index in [4.69, 9.17) is 4.74 Å². The van der Waals surface area contributed by atoms with Crippen LogP contribution in [-0.4, -0.2) is 50.9 Å². The largest absolute Gasteiger partial charge is 0.497 e. The number of nitrogens with one attached hydrogen (secondary N) is 1. The molecule has 1 aliphatic heterocycles. The van der Waals surface area contributed by atoms with E-state index in [9.17, 15) is 18.0 Å².